The Kier molecular flexibility index (Phi) is 11.3. The summed E-state index contributed by atoms with van der Waals surface area (Å²) in [5.41, 5.74) is 11.6. The van der Waals surface area contributed by atoms with E-state index in [9.17, 15) is 40.8 Å². The maximum Gasteiger partial charge on any atom is 0.328 e. The number of carboxylic acids is 2. The number of hydrogen-bond donors (Lipinski definition) is 4. The minimum absolute atomic E-state index is 0.0119. The zero-order chi connectivity index (χ0) is 32.8. The fraction of sp³-hybridized carbons (Fsp3) is 0.379. The predicted molar refractivity (Wildman–Crippen MR) is 150 cm³/mol. The zero-order valence-corrected chi connectivity index (χ0v) is 24.2. The number of rotatable bonds is 10. The summed E-state index contributed by atoms with van der Waals surface area (Å²) in [6.45, 7) is 0. The number of carboxylic acid groups (broad SMARTS) is 2. The highest BCUT2D eigenvalue weighted by atomic mass is 32.2. The summed E-state index contributed by atoms with van der Waals surface area (Å²) >= 11 is 0. The number of primary amides is 1. The van der Waals surface area contributed by atoms with Gasteiger partial charge < -0.3 is 26.6 Å². The van der Waals surface area contributed by atoms with Crippen LogP contribution in [0.1, 0.15) is 48.0 Å². The normalized spacial score (nSPS) is 20.1. The second-order valence-electron chi connectivity index (χ2n) is 10.6. The van der Waals surface area contributed by atoms with Crippen molar-refractivity contribution in [3.05, 3.63) is 77.1 Å². The third-order valence-electron chi connectivity index (χ3n) is 7.64. The van der Waals surface area contributed by atoms with Crippen LogP contribution >= 0.6 is 0 Å². The molecule has 2 aromatic rings. The number of aliphatic carboxylic acids is 2. The topological polar surface area (TPSA) is 198 Å². The molecule has 0 radical (unpaired) electrons. The van der Waals surface area contributed by atoms with Gasteiger partial charge in [0.15, 0.2) is 21.5 Å². The summed E-state index contributed by atoms with van der Waals surface area (Å²) in [5.74, 6) is -7.19. The molecular weight excluding hydrogens is 607 g/mol. The molecule has 2 bridgehead atoms. The molecule has 6 N–H and O–H groups in total. The molecule has 44 heavy (non-hydrogen) atoms. The Morgan fingerprint density at radius 3 is 2.05 bits per heavy atom. The predicted octanol–water partition coefficient (Wildman–Crippen LogP) is 2.42. The van der Waals surface area contributed by atoms with Gasteiger partial charge in [-0.3, -0.25) is 9.59 Å². The molecule has 4 rings (SSSR count). The number of benzene rings is 2. The first-order chi connectivity index (χ1) is 20.6. The molecule has 2 aliphatic heterocycles. The summed E-state index contributed by atoms with van der Waals surface area (Å²) in [5, 5.41) is 15.6. The van der Waals surface area contributed by atoms with Gasteiger partial charge in [0.1, 0.15) is 5.82 Å². The van der Waals surface area contributed by atoms with E-state index in [0.29, 0.717) is 31.1 Å². The van der Waals surface area contributed by atoms with E-state index in [2.05, 4.69) is 0 Å². The van der Waals surface area contributed by atoms with Crippen molar-refractivity contribution >= 4 is 33.6 Å². The quantitative estimate of drug-likeness (QED) is 0.223. The van der Waals surface area contributed by atoms with Crippen molar-refractivity contribution in [1.29, 1.82) is 0 Å². The largest absolute Gasteiger partial charge is 0.478 e. The average Bonchev–Trinajstić information content (AvgIpc) is 3.22. The number of fused-ring (bicyclic) bond motifs is 2. The highest BCUT2D eigenvalue weighted by Gasteiger charge is 2.44. The minimum Gasteiger partial charge on any atom is -0.478 e. The lowest BCUT2D eigenvalue weighted by atomic mass is 9.82. The molecule has 0 saturated carbocycles. The Hall–Kier alpha value is -4.24. The lowest BCUT2D eigenvalue weighted by Gasteiger charge is -2.41. The number of carbonyl (C=O) groups excluding carboxylic acids is 2. The van der Waals surface area contributed by atoms with Gasteiger partial charge in [-0.1, -0.05) is 6.07 Å². The molecular formula is C29H32F3N3O8S. The smallest absolute Gasteiger partial charge is 0.328 e. The van der Waals surface area contributed by atoms with Gasteiger partial charge in [0.25, 0.3) is 0 Å². The van der Waals surface area contributed by atoms with Crippen molar-refractivity contribution in [3.8, 4) is 0 Å². The molecule has 2 amide bonds. The van der Waals surface area contributed by atoms with Crippen LogP contribution in [-0.2, 0) is 30.6 Å². The van der Waals surface area contributed by atoms with Gasteiger partial charge in [-0.25, -0.2) is 31.2 Å². The number of nitrogens with two attached hydrogens (primary N) is 2. The molecule has 0 aromatic heterocycles. The fourth-order valence-electron chi connectivity index (χ4n) is 5.57. The Balaban J connectivity index is 0.000000583. The molecule has 15 heteroatoms. The molecule has 2 aliphatic rings. The number of carbonyl (C=O) groups is 4. The van der Waals surface area contributed by atoms with Gasteiger partial charge in [-0.15, -0.1) is 0 Å². The molecule has 1 unspecified atom stereocenters. The van der Waals surface area contributed by atoms with Crippen LogP contribution in [0.3, 0.4) is 0 Å². The van der Waals surface area contributed by atoms with Crippen molar-refractivity contribution in [2.75, 3.05) is 5.75 Å². The van der Waals surface area contributed by atoms with Gasteiger partial charge >= 0.3 is 11.9 Å². The van der Waals surface area contributed by atoms with Crippen LogP contribution in [0.25, 0.3) is 0 Å². The van der Waals surface area contributed by atoms with Crippen LogP contribution in [0.15, 0.2) is 53.4 Å². The third kappa shape index (κ3) is 8.89. The molecule has 0 spiro atoms. The Morgan fingerprint density at radius 2 is 1.50 bits per heavy atom. The minimum atomic E-state index is -3.80. The molecule has 2 fully saturated rings. The van der Waals surface area contributed by atoms with Crippen LogP contribution in [0.5, 0.6) is 0 Å². The molecule has 0 aliphatic carbocycles. The van der Waals surface area contributed by atoms with Crippen LogP contribution in [-0.4, -0.2) is 71.2 Å². The van der Waals surface area contributed by atoms with E-state index in [0.717, 1.165) is 18.9 Å². The fourth-order valence-corrected chi connectivity index (χ4v) is 6.84. The highest BCUT2D eigenvalue weighted by Crippen LogP contribution is 2.40. The van der Waals surface area contributed by atoms with E-state index in [1.54, 1.807) is 4.90 Å². The van der Waals surface area contributed by atoms with E-state index in [-0.39, 0.29) is 52.8 Å². The van der Waals surface area contributed by atoms with Gasteiger partial charge in [0.05, 0.1) is 10.6 Å². The van der Waals surface area contributed by atoms with E-state index < -0.39 is 56.9 Å². The summed E-state index contributed by atoms with van der Waals surface area (Å²) < 4.78 is 66.3. The number of halogens is 3. The summed E-state index contributed by atoms with van der Waals surface area (Å²) in [6.07, 6.45) is 3.62. The number of piperidine rings is 1. The molecule has 4 atom stereocenters. The first kappa shape index (κ1) is 34.3. The Labute approximate surface area is 251 Å². The highest BCUT2D eigenvalue weighted by molar-refractivity contribution is 7.91. The van der Waals surface area contributed by atoms with Crippen LogP contribution in [0.4, 0.5) is 13.2 Å². The van der Waals surface area contributed by atoms with Gasteiger partial charge in [-0.05, 0) is 67.9 Å². The van der Waals surface area contributed by atoms with Crippen LogP contribution in [0, 0.1) is 23.4 Å². The van der Waals surface area contributed by atoms with Gasteiger partial charge in [0, 0.05) is 48.3 Å². The first-order valence-electron chi connectivity index (χ1n) is 13.6. The van der Waals surface area contributed by atoms with E-state index >= 15 is 0 Å². The molecule has 2 aromatic carbocycles. The standard InChI is InChI=1S/C25H28F3N3O4S.C4H4O4/c26-20-13-22(28)21(27)11-15(20)12-23(29)16-8-17-4-5-18(9-16)31(17)24(32)6-7-36(34,35)19-3-1-2-14(10-19)25(30)33;5-3(6)1-2-4(7)8/h1-3,10-11,13,16-18,23H,4-9,12,29H2,(H2,30,33);1-2H,(H,5,6)(H,7,8)/b;2-1-/t16?,17-,18+,23-;/m1./s1. The molecule has 11 nitrogen and oxygen atoms in total. The molecule has 2 saturated heterocycles. The van der Waals surface area contributed by atoms with E-state index in [1.165, 1.54) is 24.3 Å². The summed E-state index contributed by atoms with van der Waals surface area (Å²) in [6, 6.07) is 6.04. The number of sulfone groups is 1. The third-order valence-corrected chi connectivity index (χ3v) is 9.35. The first-order valence-corrected chi connectivity index (χ1v) is 15.2. The van der Waals surface area contributed by atoms with Crippen molar-refractivity contribution in [2.45, 2.75) is 61.5 Å². The lowest BCUT2D eigenvalue weighted by molar-refractivity contribution is -0.136. The van der Waals surface area contributed by atoms with Crippen LogP contribution in [0.2, 0.25) is 0 Å². The van der Waals surface area contributed by atoms with Crippen molar-refractivity contribution < 1.29 is 51.0 Å². The van der Waals surface area contributed by atoms with E-state index in [4.69, 9.17) is 21.7 Å². The molecule has 238 valence electrons. The number of hydrogen-bond acceptors (Lipinski definition) is 7. The Bertz CT molecular complexity index is 1540. The second kappa shape index (κ2) is 14.5. The second-order valence-corrected chi connectivity index (χ2v) is 12.7. The van der Waals surface area contributed by atoms with Crippen molar-refractivity contribution in [3.63, 3.8) is 0 Å². The van der Waals surface area contributed by atoms with Crippen LogP contribution < -0.4 is 11.5 Å². The van der Waals surface area contributed by atoms with Crippen molar-refractivity contribution in [2.24, 2.45) is 17.4 Å². The monoisotopic (exact) mass is 639 g/mol. The maximum absolute atomic E-state index is 14.1. The average molecular weight is 640 g/mol. The summed E-state index contributed by atoms with van der Waals surface area (Å²) in [7, 11) is -3.80. The van der Waals surface area contributed by atoms with Crippen molar-refractivity contribution in [1.82, 2.24) is 4.90 Å². The summed E-state index contributed by atoms with van der Waals surface area (Å²) in [4.78, 5) is 45.2. The van der Waals surface area contributed by atoms with Gasteiger partial charge in [-0.2, -0.15) is 0 Å². The number of nitrogens with zero attached hydrogens (tertiary/aromatic N) is 1. The zero-order valence-electron chi connectivity index (χ0n) is 23.4. The SMILES string of the molecule is NC(=O)c1cccc(S(=O)(=O)CCC(=O)N2[C@@H]3CC[C@H]2CC([C@H](N)Cc2cc(F)c(F)cc2F)C3)c1.O=C(O)/C=C\C(=O)O. The maximum atomic E-state index is 14.1. The molecule has 2 heterocycles. The Morgan fingerprint density at radius 1 is 0.932 bits per heavy atom. The van der Waals surface area contributed by atoms with Gasteiger partial charge in [0.2, 0.25) is 11.8 Å². The number of amides is 2. The van der Waals surface area contributed by atoms with E-state index in [1.807, 2.05) is 0 Å². The lowest BCUT2D eigenvalue weighted by Crippen LogP contribution is -2.50.